The van der Waals surface area contributed by atoms with Gasteiger partial charge in [0.15, 0.2) is 0 Å². The zero-order valence-electron chi connectivity index (χ0n) is 8.44. The third-order valence-electron chi connectivity index (χ3n) is 2.67. The molecule has 1 N–H and O–H groups in total. The van der Waals surface area contributed by atoms with Crippen LogP contribution in [-0.4, -0.2) is 23.7 Å². The maximum absolute atomic E-state index is 5.48. The van der Waals surface area contributed by atoms with Gasteiger partial charge >= 0.3 is 0 Å². The van der Waals surface area contributed by atoms with Crippen LogP contribution < -0.4 is 5.32 Å². The van der Waals surface area contributed by atoms with E-state index in [0.717, 1.165) is 19.6 Å². The highest BCUT2D eigenvalue weighted by Gasteiger charge is 2.23. The highest BCUT2D eigenvalue weighted by Crippen LogP contribution is 2.12. The Balaban J connectivity index is 1.82. The first-order chi connectivity index (χ1) is 6.86. The lowest BCUT2D eigenvalue weighted by atomic mass is 10.1. The molecule has 76 valence electrons. The molecule has 3 nitrogen and oxygen atoms in total. The molecule has 1 fully saturated rings. The summed E-state index contributed by atoms with van der Waals surface area (Å²) in [6.45, 7) is 3.88. The van der Waals surface area contributed by atoms with Gasteiger partial charge in [-0.25, -0.2) is 0 Å². The highest BCUT2D eigenvalue weighted by atomic mass is 16.5. The fourth-order valence-corrected chi connectivity index (χ4v) is 1.75. The maximum Gasteiger partial charge on any atom is 0.0700 e. The molecule has 1 aliphatic rings. The van der Waals surface area contributed by atoms with Crippen molar-refractivity contribution in [1.29, 1.82) is 0 Å². The molecular weight excluding hydrogens is 176 g/mol. The Kier molecular flexibility index (Phi) is 3.11. The van der Waals surface area contributed by atoms with Gasteiger partial charge in [0, 0.05) is 31.6 Å². The fourth-order valence-electron chi connectivity index (χ4n) is 1.75. The summed E-state index contributed by atoms with van der Waals surface area (Å²) in [6.07, 6.45) is 5.14. The average Bonchev–Trinajstić information content (AvgIpc) is 2.63. The number of nitrogens with one attached hydrogen (secondary N) is 1. The molecule has 1 aliphatic heterocycles. The molecule has 2 heterocycles. The molecule has 0 bridgehead atoms. The largest absolute Gasteiger partial charge is 0.377 e. The van der Waals surface area contributed by atoms with Gasteiger partial charge in [0.2, 0.25) is 0 Å². The fraction of sp³-hybridized carbons (Fsp3) is 0.545. The van der Waals surface area contributed by atoms with Gasteiger partial charge in [-0.05, 0) is 25.0 Å². The standard InChI is InChI=1S/C11H16N2O/c1-9-11(4-6-14-9)13-8-10-3-2-5-12-7-10/h2-3,5,7,9,11,13H,4,6,8H2,1H3/t9-,11-/m0/s1. The van der Waals surface area contributed by atoms with Gasteiger partial charge in [-0.1, -0.05) is 6.07 Å². The molecule has 0 radical (unpaired) electrons. The van der Waals surface area contributed by atoms with E-state index in [0.29, 0.717) is 12.1 Å². The summed E-state index contributed by atoms with van der Waals surface area (Å²) in [5.74, 6) is 0. The van der Waals surface area contributed by atoms with Crippen LogP contribution in [-0.2, 0) is 11.3 Å². The summed E-state index contributed by atoms with van der Waals surface area (Å²) in [5.41, 5.74) is 1.23. The van der Waals surface area contributed by atoms with Gasteiger partial charge in [-0.3, -0.25) is 4.98 Å². The molecular formula is C11H16N2O. The zero-order chi connectivity index (χ0) is 9.80. The Bertz CT molecular complexity index is 276. The molecule has 0 aliphatic carbocycles. The Morgan fingerprint density at radius 2 is 2.57 bits per heavy atom. The Labute approximate surface area is 84.5 Å². The quantitative estimate of drug-likeness (QED) is 0.785. The summed E-state index contributed by atoms with van der Waals surface area (Å²) >= 11 is 0. The first-order valence-corrected chi connectivity index (χ1v) is 5.10. The molecule has 1 aromatic rings. The average molecular weight is 192 g/mol. The summed E-state index contributed by atoms with van der Waals surface area (Å²) in [6, 6.07) is 4.54. The van der Waals surface area contributed by atoms with Crippen molar-refractivity contribution in [2.45, 2.75) is 32.0 Å². The number of nitrogens with zero attached hydrogens (tertiary/aromatic N) is 1. The van der Waals surface area contributed by atoms with E-state index >= 15 is 0 Å². The van der Waals surface area contributed by atoms with Crippen molar-refractivity contribution in [3.05, 3.63) is 30.1 Å². The minimum Gasteiger partial charge on any atom is -0.377 e. The monoisotopic (exact) mass is 192 g/mol. The number of ether oxygens (including phenoxy) is 1. The van der Waals surface area contributed by atoms with E-state index in [2.05, 4.69) is 23.3 Å². The van der Waals surface area contributed by atoms with Gasteiger partial charge in [-0.15, -0.1) is 0 Å². The lowest BCUT2D eigenvalue weighted by Crippen LogP contribution is -2.34. The van der Waals surface area contributed by atoms with Crippen molar-refractivity contribution < 1.29 is 4.74 Å². The third-order valence-corrected chi connectivity index (χ3v) is 2.67. The highest BCUT2D eigenvalue weighted by molar-refractivity contribution is 5.08. The second-order valence-electron chi connectivity index (χ2n) is 3.71. The topological polar surface area (TPSA) is 34.1 Å². The molecule has 3 heteroatoms. The van der Waals surface area contributed by atoms with Crippen molar-refractivity contribution in [1.82, 2.24) is 10.3 Å². The van der Waals surface area contributed by atoms with E-state index < -0.39 is 0 Å². The molecule has 1 saturated heterocycles. The molecule has 0 spiro atoms. The van der Waals surface area contributed by atoms with Crippen LogP contribution in [0.5, 0.6) is 0 Å². The van der Waals surface area contributed by atoms with Gasteiger partial charge in [0.25, 0.3) is 0 Å². The first-order valence-electron chi connectivity index (χ1n) is 5.10. The summed E-state index contributed by atoms with van der Waals surface area (Å²) in [5, 5.41) is 3.48. The number of hydrogen-bond acceptors (Lipinski definition) is 3. The van der Waals surface area contributed by atoms with Crippen LogP contribution in [0.1, 0.15) is 18.9 Å². The smallest absolute Gasteiger partial charge is 0.0700 e. The minimum absolute atomic E-state index is 0.340. The summed E-state index contributed by atoms with van der Waals surface area (Å²) < 4.78 is 5.48. The predicted octanol–water partition coefficient (Wildman–Crippen LogP) is 1.35. The van der Waals surface area contributed by atoms with Crippen molar-refractivity contribution in [2.75, 3.05) is 6.61 Å². The first kappa shape index (κ1) is 9.62. The molecule has 0 unspecified atom stereocenters. The lowest BCUT2D eigenvalue weighted by molar-refractivity contribution is 0.113. The second-order valence-corrected chi connectivity index (χ2v) is 3.71. The molecule has 2 rings (SSSR count). The van der Waals surface area contributed by atoms with E-state index in [-0.39, 0.29) is 0 Å². The van der Waals surface area contributed by atoms with Gasteiger partial charge in [0.05, 0.1) is 6.10 Å². The zero-order valence-corrected chi connectivity index (χ0v) is 8.44. The number of pyridine rings is 1. The van der Waals surface area contributed by atoms with E-state index in [1.807, 2.05) is 12.3 Å². The van der Waals surface area contributed by atoms with Crippen LogP contribution in [0.3, 0.4) is 0 Å². The molecule has 1 aromatic heterocycles. The third kappa shape index (κ3) is 2.30. The number of hydrogen-bond donors (Lipinski definition) is 1. The predicted molar refractivity (Wildman–Crippen MR) is 54.9 cm³/mol. The normalized spacial score (nSPS) is 26.6. The van der Waals surface area contributed by atoms with Gasteiger partial charge in [0.1, 0.15) is 0 Å². The van der Waals surface area contributed by atoms with E-state index in [9.17, 15) is 0 Å². The minimum atomic E-state index is 0.340. The van der Waals surface area contributed by atoms with Crippen molar-refractivity contribution in [3.63, 3.8) is 0 Å². The molecule has 14 heavy (non-hydrogen) atoms. The van der Waals surface area contributed by atoms with Crippen molar-refractivity contribution in [3.8, 4) is 0 Å². The molecule has 2 atom stereocenters. The van der Waals surface area contributed by atoms with E-state index in [1.54, 1.807) is 6.20 Å². The number of aromatic nitrogens is 1. The molecule has 0 saturated carbocycles. The van der Waals surface area contributed by atoms with Crippen LogP contribution in [0.25, 0.3) is 0 Å². The summed E-state index contributed by atoms with van der Waals surface area (Å²) in [4.78, 5) is 4.08. The van der Waals surface area contributed by atoms with Crippen LogP contribution in [0.15, 0.2) is 24.5 Å². The van der Waals surface area contributed by atoms with Crippen LogP contribution in [0.2, 0.25) is 0 Å². The molecule has 0 aromatic carbocycles. The van der Waals surface area contributed by atoms with Crippen LogP contribution >= 0.6 is 0 Å². The van der Waals surface area contributed by atoms with E-state index in [1.165, 1.54) is 5.56 Å². The lowest BCUT2D eigenvalue weighted by Gasteiger charge is -2.15. The Hall–Kier alpha value is -0.930. The maximum atomic E-state index is 5.48. The Morgan fingerprint density at radius 1 is 1.64 bits per heavy atom. The SMILES string of the molecule is C[C@@H]1OCC[C@@H]1NCc1cccnc1. The summed E-state index contributed by atoms with van der Waals surface area (Å²) in [7, 11) is 0. The number of rotatable bonds is 3. The van der Waals surface area contributed by atoms with Crippen molar-refractivity contribution in [2.24, 2.45) is 0 Å². The van der Waals surface area contributed by atoms with Crippen LogP contribution in [0, 0.1) is 0 Å². The van der Waals surface area contributed by atoms with E-state index in [4.69, 9.17) is 4.74 Å². The van der Waals surface area contributed by atoms with Gasteiger partial charge < -0.3 is 10.1 Å². The Morgan fingerprint density at radius 3 is 3.21 bits per heavy atom. The molecule has 0 amide bonds. The second kappa shape index (κ2) is 4.53. The van der Waals surface area contributed by atoms with Gasteiger partial charge in [-0.2, -0.15) is 0 Å². The van der Waals surface area contributed by atoms with Crippen LogP contribution in [0.4, 0.5) is 0 Å². The van der Waals surface area contributed by atoms with Crippen molar-refractivity contribution >= 4 is 0 Å².